The van der Waals surface area contributed by atoms with Crippen LogP contribution in [-0.4, -0.2) is 34.8 Å². The molecule has 30 heavy (non-hydrogen) atoms. The Bertz CT molecular complexity index is 940. The molecule has 0 bridgehead atoms. The molecule has 2 aromatic carbocycles. The van der Waals surface area contributed by atoms with Gasteiger partial charge in [0.15, 0.2) is 0 Å². The smallest absolute Gasteiger partial charge is 0.410 e. The highest BCUT2D eigenvalue weighted by molar-refractivity contribution is 5.74. The molecule has 2 fully saturated rings. The lowest BCUT2D eigenvalue weighted by Gasteiger charge is -2.25. The van der Waals surface area contributed by atoms with Crippen molar-refractivity contribution in [2.45, 2.75) is 71.0 Å². The molecule has 0 aromatic heterocycles. The molecule has 160 valence electrons. The molecule has 1 saturated heterocycles. The standard InChI is InChI=1S/C26H33NO3/c1-17-20(23-8-6-5-7-21(23)18-9-10-18)11-12-22(24(17)16-28)19-13-14-27(15-19)25(29)30-26(2,3)4/h5-8,11-12,18-19,28H,9-10,13-16H2,1-4H3. The van der Waals surface area contributed by atoms with E-state index in [0.717, 1.165) is 23.1 Å². The summed E-state index contributed by atoms with van der Waals surface area (Å²) in [6.45, 7) is 9.14. The van der Waals surface area contributed by atoms with Crippen molar-refractivity contribution < 1.29 is 14.6 Å². The molecule has 1 N–H and O–H groups in total. The van der Waals surface area contributed by atoms with E-state index in [1.165, 1.54) is 29.5 Å². The second-order valence-corrected chi connectivity index (χ2v) is 9.74. The molecule has 1 aliphatic heterocycles. The molecule has 1 unspecified atom stereocenters. The van der Waals surface area contributed by atoms with E-state index < -0.39 is 5.60 Å². The zero-order valence-electron chi connectivity index (χ0n) is 18.6. The fourth-order valence-corrected chi connectivity index (χ4v) is 4.66. The van der Waals surface area contributed by atoms with Crippen LogP contribution in [0.1, 0.15) is 74.1 Å². The van der Waals surface area contributed by atoms with Crippen LogP contribution in [0, 0.1) is 6.92 Å². The van der Waals surface area contributed by atoms with E-state index >= 15 is 0 Å². The number of ether oxygens (including phenoxy) is 1. The number of benzene rings is 2. The van der Waals surface area contributed by atoms with E-state index in [0.29, 0.717) is 19.0 Å². The van der Waals surface area contributed by atoms with Crippen LogP contribution in [0.15, 0.2) is 36.4 Å². The monoisotopic (exact) mass is 407 g/mol. The Morgan fingerprint density at radius 2 is 1.77 bits per heavy atom. The molecule has 2 aromatic rings. The lowest BCUT2D eigenvalue weighted by Crippen LogP contribution is -2.35. The minimum Gasteiger partial charge on any atom is -0.444 e. The highest BCUT2D eigenvalue weighted by atomic mass is 16.6. The Balaban J connectivity index is 1.61. The molecule has 1 saturated carbocycles. The third-order valence-corrected chi connectivity index (χ3v) is 6.34. The molecular weight excluding hydrogens is 374 g/mol. The van der Waals surface area contributed by atoms with Crippen LogP contribution in [0.2, 0.25) is 0 Å². The number of nitrogens with zero attached hydrogens (tertiary/aromatic N) is 1. The molecule has 0 radical (unpaired) electrons. The first-order valence-corrected chi connectivity index (χ1v) is 11.1. The number of carbonyl (C=O) groups is 1. The number of hydrogen-bond donors (Lipinski definition) is 1. The van der Waals surface area contributed by atoms with Gasteiger partial charge in [-0.05, 0) is 86.3 Å². The molecule has 1 aliphatic carbocycles. The minimum atomic E-state index is -0.487. The van der Waals surface area contributed by atoms with Crippen LogP contribution < -0.4 is 0 Å². The van der Waals surface area contributed by atoms with Crippen molar-refractivity contribution in [3.63, 3.8) is 0 Å². The molecule has 4 rings (SSSR count). The van der Waals surface area contributed by atoms with Gasteiger partial charge in [0, 0.05) is 19.0 Å². The van der Waals surface area contributed by atoms with E-state index in [2.05, 4.69) is 43.3 Å². The zero-order valence-corrected chi connectivity index (χ0v) is 18.6. The van der Waals surface area contributed by atoms with E-state index in [4.69, 9.17) is 4.74 Å². The Morgan fingerprint density at radius 1 is 1.03 bits per heavy atom. The van der Waals surface area contributed by atoms with Gasteiger partial charge in [0.05, 0.1) is 6.61 Å². The second-order valence-electron chi connectivity index (χ2n) is 9.74. The number of carbonyl (C=O) groups excluding carboxylic acids is 1. The summed E-state index contributed by atoms with van der Waals surface area (Å²) in [4.78, 5) is 14.3. The second kappa shape index (κ2) is 8.07. The lowest BCUT2D eigenvalue weighted by atomic mass is 9.85. The van der Waals surface area contributed by atoms with Crippen LogP contribution in [0.5, 0.6) is 0 Å². The van der Waals surface area contributed by atoms with Gasteiger partial charge in [0.1, 0.15) is 5.60 Å². The van der Waals surface area contributed by atoms with Gasteiger partial charge in [-0.15, -0.1) is 0 Å². The largest absolute Gasteiger partial charge is 0.444 e. The molecule has 1 atom stereocenters. The predicted molar refractivity (Wildman–Crippen MR) is 120 cm³/mol. The topological polar surface area (TPSA) is 49.8 Å². The van der Waals surface area contributed by atoms with E-state index in [9.17, 15) is 9.90 Å². The van der Waals surface area contributed by atoms with Crippen molar-refractivity contribution in [3.05, 3.63) is 58.7 Å². The fraction of sp³-hybridized carbons (Fsp3) is 0.500. The van der Waals surface area contributed by atoms with Crippen molar-refractivity contribution in [2.24, 2.45) is 0 Å². The first-order valence-electron chi connectivity index (χ1n) is 11.1. The van der Waals surface area contributed by atoms with Gasteiger partial charge in [-0.1, -0.05) is 36.4 Å². The number of likely N-dealkylation sites (tertiary alicyclic amines) is 1. The van der Waals surface area contributed by atoms with Crippen LogP contribution in [-0.2, 0) is 11.3 Å². The summed E-state index contributed by atoms with van der Waals surface area (Å²) in [6, 6.07) is 13.0. The normalized spacial score (nSPS) is 19.2. The van der Waals surface area contributed by atoms with Gasteiger partial charge in [-0.2, -0.15) is 0 Å². The molecule has 2 aliphatic rings. The first kappa shape index (κ1) is 20.9. The Hall–Kier alpha value is -2.33. The highest BCUT2D eigenvalue weighted by Gasteiger charge is 2.32. The lowest BCUT2D eigenvalue weighted by molar-refractivity contribution is 0.0292. The average molecular weight is 408 g/mol. The minimum absolute atomic E-state index is 0.0174. The van der Waals surface area contributed by atoms with Gasteiger partial charge < -0.3 is 14.7 Å². The van der Waals surface area contributed by atoms with Crippen LogP contribution >= 0.6 is 0 Å². The quantitative estimate of drug-likeness (QED) is 0.701. The predicted octanol–water partition coefficient (Wildman–Crippen LogP) is 5.76. The highest BCUT2D eigenvalue weighted by Crippen LogP contribution is 2.45. The molecule has 4 heteroatoms. The molecule has 0 spiro atoms. The SMILES string of the molecule is Cc1c(-c2ccccc2C2CC2)ccc(C2CCN(C(=O)OC(C)(C)C)C2)c1CO. The van der Waals surface area contributed by atoms with E-state index in [1.54, 1.807) is 4.90 Å². The molecular formula is C26H33NO3. The Labute approximate surface area is 179 Å². The van der Waals surface area contributed by atoms with E-state index in [1.807, 2.05) is 20.8 Å². The van der Waals surface area contributed by atoms with Gasteiger partial charge in [-0.3, -0.25) is 0 Å². The van der Waals surface area contributed by atoms with Gasteiger partial charge in [0.25, 0.3) is 0 Å². The van der Waals surface area contributed by atoms with Crippen LogP contribution in [0.3, 0.4) is 0 Å². The van der Waals surface area contributed by atoms with Crippen molar-refractivity contribution in [2.75, 3.05) is 13.1 Å². The average Bonchev–Trinajstić information content (AvgIpc) is 3.42. The Morgan fingerprint density at radius 3 is 2.43 bits per heavy atom. The number of hydrogen-bond acceptors (Lipinski definition) is 3. The number of aliphatic hydroxyl groups is 1. The van der Waals surface area contributed by atoms with Crippen LogP contribution in [0.25, 0.3) is 11.1 Å². The molecule has 1 heterocycles. The summed E-state index contributed by atoms with van der Waals surface area (Å²) in [5.74, 6) is 0.904. The number of aliphatic hydroxyl groups excluding tert-OH is 1. The summed E-state index contributed by atoms with van der Waals surface area (Å²) >= 11 is 0. The van der Waals surface area contributed by atoms with Crippen molar-refractivity contribution >= 4 is 6.09 Å². The van der Waals surface area contributed by atoms with E-state index in [-0.39, 0.29) is 18.6 Å². The summed E-state index contributed by atoms with van der Waals surface area (Å²) in [5, 5.41) is 10.2. The number of rotatable bonds is 4. The fourth-order valence-electron chi connectivity index (χ4n) is 4.66. The maximum atomic E-state index is 12.5. The van der Waals surface area contributed by atoms with Gasteiger partial charge in [-0.25, -0.2) is 4.79 Å². The van der Waals surface area contributed by atoms with Crippen molar-refractivity contribution in [3.8, 4) is 11.1 Å². The molecule has 1 amide bonds. The van der Waals surface area contributed by atoms with Crippen molar-refractivity contribution in [1.29, 1.82) is 0 Å². The van der Waals surface area contributed by atoms with Gasteiger partial charge >= 0.3 is 6.09 Å². The maximum Gasteiger partial charge on any atom is 0.410 e. The first-order chi connectivity index (χ1) is 14.3. The third kappa shape index (κ3) is 4.24. The Kier molecular flexibility index (Phi) is 5.63. The summed E-state index contributed by atoms with van der Waals surface area (Å²) in [7, 11) is 0. The van der Waals surface area contributed by atoms with Crippen LogP contribution in [0.4, 0.5) is 4.79 Å². The van der Waals surface area contributed by atoms with Crippen molar-refractivity contribution in [1.82, 2.24) is 4.90 Å². The summed E-state index contributed by atoms with van der Waals surface area (Å²) in [6.07, 6.45) is 3.18. The third-order valence-electron chi connectivity index (χ3n) is 6.34. The summed E-state index contributed by atoms with van der Waals surface area (Å²) < 4.78 is 5.54. The molecule has 4 nitrogen and oxygen atoms in total. The zero-order chi connectivity index (χ0) is 21.5. The number of amides is 1. The summed E-state index contributed by atoms with van der Waals surface area (Å²) in [5.41, 5.74) is 6.77. The van der Waals surface area contributed by atoms with Gasteiger partial charge in [0.2, 0.25) is 0 Å². The maximum absolute atomic E-state index is 12.5.